The van der Waals surface area contributed by atoms with Gasteiger partial charge in [0.15, 0.2) is 0 Å². The van der Waals surface area contributed by atoms with Crippen LogP contribution in [0.15, 0.2) is 34.5 Å². The van der Waals surface area contributed by atoms with Gasteiger partial charge in [0.25, 0.3) is 0 Å². The highest BCUT2D eigenvalue weighted by Gasteiger charge is 2.13. The molecule has 1 unspecified atom stereocenters. The van der Waals surface area contributed by atoms with Gasteiger partial charge in [-0.2, -0.15) is 0 Å². The topological polar surface area (TPSA) is 64.1 Å². The van der Waals surface area contributed by atoms with Crippen LogP contribution in [0.25, 0.3) is 0 Å². The molecule has 0 saturated carbocycles. The van der Waals surface area contributed by atoms with E-state index in [1.165, 1.54) is 0 Å². The molecule has 0 amide bonds. The molecule has 0 aliphatic rings. The summed E-state index contributed by atoms with van der Waals surface area (Å²) in [6.07, 6.45) is 4.22. The first-order valence-electron chi connectivity index (χ1n) is 4.27. The molecule has 14 heavy (non-hydrogen) atoms. The van der Waals surface area contributed by atoms with E-state index >= 15 is 0 Å². The van der Waals surface area contributed by atoms with Crippen molar-refractivity contribution in [2.45, 2.75) is 12.5 Å². The van der Waals surface area contributed by atoms with Crippen LogP contribution in [-0.2, 0) is 6.42 Å². The average Bonchev–Trinajstić information content (AvgIpc) is 2.86. The average molecular weight is 209 g/mol. The van der Waals surface area contributed by atoms with Crippen molar-refractivity contribution >= 4 is 11.3 Å². The van der Waals surface area contributed by atoms with Crippen molar-refractivity contribution in [3.8, 4) is 0 Å². The molecule has 0 fully saturated rings. The van der Waals surface area contributed by atoms with E-state index in [0.29, 0.717) is 0 Å². The summed E-state index contributed by atoms with van der Waals surface area (Å²) in [6.45, 7) is 0. The van der Waals surface area contributed by atoms with Gasteiger partial charge in [0.1, 0.15) is 5.76 Å². The molecule has 2 aromatic rings. The van der Waals surface area contributed by atoms with Gasteiger partial charge in [0, 0.05) is 17.5 Å². The second-order valence-electron chi connectivity index (χ2n) is 2.91. The molecule has 0 saturated heterocycles. The summed E-state index contributed by atoms with van der Waals surface area (Å²) in [5.74, 6) is 6.39. The Labute approximate surface area is 85.7 Å². The summed E-state index contributed by atoms with van der Waals surface area (Å²) in [6, 6.07) is 3.88. The molecule has 0 aliphatic heterocycles. The highest BCUT2D eigenvalue weighted by Crippen LogP contribution is 2.20. The van der Waals surface area contributed by atoms with Crippen molar-refractivity contribution in [2.75, 3.05) is 0 Å². The van der Waals surface area contributed by atoms with Crippen molar-refractivity contribution in [1.29, 1.82) is 0 Å². The fraction of sp³-hybridized carbons (Fsp3) is 0.222. The summed E-state index contributed by atoms with van der Waals surface area (Å²) in [4.78, 5) is 5.13. The van der Waals surface area contributed by atoms with Crippen LogP contribution < -0.4 is 11.3 Å². The van der Waals surface area contributed by atoms with Crippen molar-refractivity contribution < 1.29 is 4.42 Å². The first-order chi connectivity index (χ1) is 6.90. The minimum absolute atomic E-state index is 0.0775. The van der Waals surface area contributed by atoms with Crippen LogP contribution in [0, 0.1) is 0 Å². The summed E-state index contributed by atoms with van der Waals surface area (Å²) in [5.41, 5.74) is 4.55. The zero-order chi connectivity index (χ0) is 9.80. The maximum absolute atomic E-state index is 5.47. The lowest BCUT2D eigenvalue weighted by atomic mass is 10.1. The monoisotopic (exact) mass is 209 g/mol. The van der Waals surface area contributed by atoms with Crippen LogP contribution in [0.2, 0.25) is 0 Å². The number of rotatable bonds is 4. The van der Waals surface area contributed by atoms with Gasteiger partial charge < -0.3 is 4.42 Å². The van der Waals surface area contributed by atoms with Gasteiger partial charge in [-0.25, -0.2) is 0 Å². The molecule has 2 heterocycles. The summed E-state index contributed by atoms with van der Waals surface area (Å²) < 4.78 is 5.25. The Morgan fingerprint density at radius 1 is 1.64 bits per heavy atom. The van der Waals surface area contributed by atoms with Crippen LogP contribution in [0.4, 0.5) is 0 Å². The molecule has 0 aliphatic carbocycles. The Hall–Kier alpha value is -1.17. The van der Waals surface area contributed by atoms with Crippen LogP contribution in [0.3, 0.4) is 0 Å². The normalized spacial score (nSPS) is 12.9. The summed E-state index contributed by atoms with van der Waals surface area (Å²) in [5, 5.41) is 0. The Kier molecular flexibility index (Phi) is 2.93. The standard InChI is InChI=1S/C9H11N3OS/c10-12-8(9-5-11-6-14-9)4-7-2-1-3-13-7/h1-3,5-6,8,12H,4,10H2. The molecule has 3 N–H and O–H groups in total. The second-order valence-corrected chi connectivity index (χ2v) is 3.82. The fourth-order valence-corrected chi connectivity index (χ4v) is 1.95. The first-order valence-corrected chi connectivity index (χ1v) is 5.15. The third-order valence-electron chi connectivity index (χ3n) is 1.98. The van der Waals surface area contributed by atoms with Crippen LogP contribution in [0.1, 0.15) is 16.7 Å². The van der Waals surface area contributed by atoms with Crippen molar-refractivity contribution in [3.63, 3.8) is 0 Å². The minimum atomic E-state index is 0.0775. The van der Waals surface area contributed by atoms with Gasteiger partial charge >= 0.3 is 0 Å². The Morgan fingerprint density at radius 3 is 3.14 bits per heavy atom. The van der Waals surface area contributed by atoms with Crippen LogP contribution in [-0.4, -0.2) is 4.98 Å². The second kappa shape index (κ2) is 4.36. The summed E-state index contributed by atoms with van der Waals surface area (Å²) >= 11 is 1.58. The molecule has 2 rings (SSSR count). The molecule has 4 nitrogen and oxygen atoms in total. The third-order valence-corrected chi connectivity index (χ3v) is 2.87. The summed E-state index contributed by atoms with van der Waals surface area (Å²) in [7, 11) is 0. The van der Waals surface area contributed by atoms with Gasteiger partial charge in [-0.05, 0) is 12.1 Å². The van der Waals surface area contributed by atoms with E-state index in [0.717, 1.165) is 17.1 Å². The largest absolute Gasteiger partial charge is 0.469 e. The molecule has 0 radical (unpaired) electrons. The number of hydrogen-bond donors (Lipinski definition) is 2. The van der Waals surface area contributed by atoms with Gasteiger partial charge in [-0.1, -0.05) is 0 Å². The number of nitrogens with zero attached hydrogens (tertiary/aromatic N) is 1. The van der Waals surface area contributed by atoms with Crippen LogP contribution >= 0.6 is 11.3 Å². The number of hydrazine groups is 1. The lowest BCUT2D eigenvalue weighted by Crippen LogP contribution is -2.28. The predicted octanol–water partition coefficient (Wildman–Crippen LogP) is 1.48. The highest BCUT2D eigenvalue weighted by molar-refractivity contribution is 7.09. The van der Waals surface area contributed by atoms with E-state index in [9.17, 15) is 0 Å². The third kappa shape index (κ3) is 2.01. The quantitative estimate of drug-likeness (QED) is 0.591. The van der Waals surface area contributed by atoms with E-state index in [-0.39, 0.29) is 6.04 Å². The van der Waals surface area contributed by atoms with E-state index in [2.05, 4.69) is 10.4 Å². The van der Waals surface area contributed by atoms with Gasteiger partial charge in [-0.3, -0.25) is 16.3 Å². The molecule has 74 valence electrons. The number of nitrogens with two attached hydrogens (primary N) is 1. The predicted molar refractivity (Wildman–Crippen MR) is 54.6 cm³/mol. The number of thiazole rings is 1. The zero-order valence-electron chi connectivity index (χ0n) is 7.51. The SMILES string of the molecule is NNC(Cc1ccco1)c1cncs1. The molecular weight excluding hydrogens is 198 g/mol. The number of furan rings is 1. The maximum Gasteiger partial charge on any atom is 0.105 e. The van der Waals surface area contributed by atoms with E-state index in [1.54, 1.807) is 23.1 Å². The number of aromatic nitrogens is 1. The van der Waals surface area contributed by atoms with Crippen LogP contribution in [0.5, 0.6) is 0 Å². The molecule has 0 bridgehead atoms. The Morgan fingerprint density at radius 2 is 2.57 bits per heavy atom. The van der Waals surface area contributed by atoms with Gasteiger partial charge in [-0.15, -0.1) is 11.3 Å². The van der Waals surface area contributed by atoms with Crippen molar-refractivity contribution in [3.05, 3.63) is 40.7 Å². The first kappa shape index (κ1) is 9.39. The molecule has 0 aromatic carbocycles. The van der Waals surface area contributed by atoms with Crippen molar-refractivity contribution in [1.82, 2.24) is 10.4 Å². The lowest BCUT2D eigenvalue weighted by molar-refractivity contribution is 0.458. The lowest BCUT2D eigenvalue weighted by Gasteiger charge is -2.11. The van der Waals surface area contributed by atoms with Crippen molar-refractivity contribution in [2.24, 2.45) is 5.84 Å². The Bertz CT molecular complexity index is 357. The number of hydrogen-bond acceptors (Lipinski definition) is 5. The zero-order valence-corrected chi connectivity index (χ0v) is 8.33. The smallest absolute Gasteiger partial charge is 0.105 e. The highest BCUT2D eigenvalue weighted by atomic mass is 32.1. The van der Waals surface area contributed by atoms with E-state index in [1.807, 2.05) is 18.3 Å². The fourth-order valence-electron chi connectivity index (χ4n) is 1.27. The maximum atomic E-state index is 5.47. The molecule has 1 atom stereocenters. The molecular formula is C9H11N3OS. The van der Waals surface area contributed by atoms with E-state index < -0.39 is 0 Å². The Balaban J connectivity index is 2.08. The molecule has 0 spiro atoms. The molecule has 5 heteroatoms. The van der Waals surface area contributed by atoms with E-state index in [4.69, 9.17) is 10.3 Å². The molecule has 2 aromatic heterocycles. The number of nitrogens with one attached hydrogen (secondary N) is 1. The minimum Gasteiger partial charge on any atom is -0.469 e. The van der Waals surface area contributed by atoms with Gasteiger partial charge in [0.05, 0.1) is 17.8 Å². The van der Waals surface area contributed by atoms with Gasteiger partial charge in [0.2, 0.25) is 0 Å².